The molecule has 1 heterocycles. The van der Waals surface area contributed by atoms with Crippen molar-refractivity contribution < 1.29 is 9.59 Å². The quantitative estimate of drug-likeness (QED) is 0.780. The third-order valence-corrected chi connectivity index (χ3v) is 5.16. The second-order valence-corrected chi connectivity index (χ2v) is 6.84. The number of primary amides is 1. The van der Waals surface area contributed by atoms with Gasteiger partial charge in [-0.15, -0.1) is 11.3 Å². The fraction of sp³-hybridized carbons (Fsp3) is 0.600. The molecular weight excluding hydrogens is 286 g/mol. The average molecular weight is 309 g/mol. The second-order valence-electron chi connectivity index (χ2n) is 5.62. The van der Waals surface area contributed by atoms with E-state index in [9.17, 15) is 9.59 Å². The highest BCUT2D eigenvalue weighted by Crippen LogP contribution is 2.31. The third-order valence-electron chi connectivity index (χ3n) is 4.04. The number of thiophene rings is 1. The number of anilines is 1. The van der Waals surface area contributed by atoms with E-state index in [-0.39, 0.29) is 12.5 Å². The Balaban J connectivity index is 1.93. The van der Waals surface area contributed by atoms with Crippen LogP contribution in [-0.2, 0) is 4.79 Å². The molecular formula is C15H23N3O2S. The Morgan fingerprint density at radius 3 is 2.52 bits per heavy atom. The summed E-state index contributed by atoms with van der Waals surface area (Å²) in [6, 6.07) is 0.437. The molecule has 0 atom stereocenters. The number of hydrogen-bond acceptors (Lipinski definition) is 4. The summed E-state index contributed by atoms with van der Waals surface area (Å²) in [6.45, 7) is 4.04. The Kier molecular flexibility index (Phi) is 5.36. The first-order valence-electron chi connectivity index (χ1n) is 7.42. The zero-order chi connectivity index (χ0) is 15.4. The van der Waals surface area contributed by atoms with Gasteiger partial charge in [0.25, 0.3) is 5.91 Å². The molecule has 1 saturated carbocycles. The van der Waals surface area contributed by atoms with E-state index in [2.05, 4.69) is 10.6 Å². The van der Waals surface area contributed by atoms with E-state index in [1.54, 1.807) is 0 Å². The molecule has 2 rings (SSSR count). The first-order valence-corrected chi connectivity index (χ1v) is 8.23. The molecule has 6 heteroatoms. The second kappa shape index (κ2) is 7.04. The van der Waals surface area contributed by atoms with Gasteiger partial charge in [0.05, 0.1) is 12.1 Å². The zero-order valence-corrected chi connectivity index (χ0v) is 13.4. The number of nitrogens with two attached hydrogens (primary N) is 1. The molecule has 0 aliphatic heterocycles. The summed E-state index contributed by atoms with van der Waals surface area (Å²) in [4.78, 5) is 24.5. The van der Waals surface area contributed by atoms with E-state index in [1.807, 2.05) is 13.8 Å². The molecule has 1 aliphatic carbocycles. The molecule has 5 nitrogen and oxygen atoms in total. The highest BCUT2D eigenvalue weighted by atomic mass is 32.1. The normalized spacial score (nSPS) is 15.9. The number of carbonyl (C=O) groups is 2. The molecule has 21 heavy (non-hydrogen) atoms. The minimum Gasteiger partial charge on any atom is -0.365 e. The number of carbonyl (C=O) groups excluding carboxylic acids is 2. The van der Waals surface area contributed by atoms with Crippen molar-refractivity contribution in [3.8, 4) is 0 Å². The van der Waals surface area contributed by atoms with Gasteiger partial charge in [0.2, 0.25) is 5.91 Å². The van der Waals surface area contributed by atoms with E-state index in [0.717, 1.165) is 23.3 Å². The van der Waals surface area contributed by atoms with Crippen molar-refractivity contribution in [1.29, 1.82) is 0 Å². The van der Waals surface area contributed by atoms with Gasteiger partial charge in [-0.05, 0) is 32.3 Å². The lowest BCUT2D eigenvalue weighted by atomic mass is 9.95. The molecule has 1 aromatic rings. The molecule has 0 saturated heterocycles. The number of amides is 2. The van der Waals surface area contributed by atoms with Crippen LogP contribution in [0.1, 0.15) is 52.9 Å². The van der Waals surface area contributed by atoms with Gasteiger partial charge >= 0.3 is 0 Å². The summed E-state index contributed by atoms with van der Waals surface area (Å²) in [7, 11) is 0. The summed E-state index contributed by atoms with van der Waals surface area (Å²) in [5.41, 5.74) is 6.68. The van der Waals surface area contributed by atoms with Crippen molar-refractivity contribution in [2.45, 2.75) is 52.0 Å². The van der Waals surface area contributed by atoms with Crippen LogP contribution in [0.3, 0.4) is 0 Å². The van der Waals surface area contributed by atoms with Gasteiger partial charge in [-0.2, -0.15) is 0 Å². The van der Waals surface area contributed by atoms with Crippen molar-refractivity contribution in [2.24, 2.45) is 5.73 Å². The molecule has 0 aromatic carbocycles. The van der Waals surface area contributed by atoms with E-state index >= 15 is 0 Å². The average Bonchev–Trinajstić information content (AvgIpc) is 2.72. The molecule has 0 bridgehead atoms. The molecule has 0 radical (unpaired) electrons. The Morgan fingerprint density at radius 1 is 1.24 bits per heavy atom. The lowest BCUT2D eigenvalue weighted by Gasteiger charge is -2.22. The highest BCUT2D eigenvalue weighted by molar-refractivity contribution is 7.16. The Hall–Kier alpha value is -1.40. The maximum atomic E-state index is 12.0. The molecule has 1 fully saturated rings. The predicted octanol–water partition coefficient (Wildman–Crippen LogP) is 2.32. The summed E-state index contributed by atoms with van der Waals surface area (Å²) in [5, 5.41) is 6.66. The van der Waals surface area contributed by atoms with Crippen LogP contribution in [0.5, 0.6) is 0 Å². The predicted molar refractivity (Wildman–Crippen MR) is 85.8 cm³/mol. The summed E-state index contributed by atoms with van der Waals surface area (Å²) in [5.74, 6) is -0.614. The van der Waals surface area contributed by atoms with Crippen molar-refractivity contribution in [2.75, 3.05) is 11.9 Å². The van der Waals surface area contributed by atoms with Crippen molar-refractivity contribution in [3.63, 3.8) is 0 Å². The molecule has 0 spiro atoms. The van der Waals surface area contributed by atoms with E-state index < -0.39 is 5.91 Å². The van der Waals surface area contributed by atoms with Gasteiger partial charge in [-0.25, -0.2) is 0 Å². The molecule has 0 unspecified atom stereocenters. The standard InChI is InChI=1S/C15H23N3O2S/c1-9-10(2)21-15(13(9)14(16)20)18-12(19)8-17-11-6-4-3-5-7-11/h11,17H,3-8H2,1-2H3,(H2,16,20)(H,18,19). The number of aryl methyl sites for hydroxylation is 1. The van der Waals surface area contributed by atoms with Crippen LogP contribution in [-0.4, -0.2) is 24.4 Å². The van der Waals surface area contributed by atoms with Crippen LogP contribution in [0.4, 0.5) is 5.00 Å². The first kappa shape index (κ1) is 16.0. The van der Waals surface area contributed by atoms with Crippen molar-refractivity contribution in [3.05, 3.63) is 16.0 Å². The Bertz CT molecular complexity index is 533. The van der Waals surface area contributed by atoms with Crippen molar-refractivity contribution >= 4 is 28.2 Å². The van der Waals surface area contributed by atoms with E-state index in [0.29, 0.717) is 16.6 Å². The molecule has 116 valence electrons. The van der Waals surface area contributed by atoms with E-state index in [1.165, 1.54) is 30.6 Å². The summed E-state index contributed by atoms with van der Waals surface area (Å²) in [6.07, 6.45) is 6.02. The fourth-order valence-corrected chi connectivity index (χ4v) is 3.81. The minimum absolute atomic E-state index is 0.121. The maximum absolute atomic E-state index is 12.0. The molecule has 2 amide bonds. The lowest BCUT2D eigenvalue weighted by molar-refractivity contribution is -0.115. The molecule has 1 aliphatic rings. The fourth-order valence-electron chi connectivity index (χ4n) is 2.73. The lowest BCUT2D eigenvalue weighted by Crippen LogP contribution is -2.37. The van der Waals surface area contributed by atoms with Crippen LogP contribution < -0.4 is 16.4 Å². The van der Waals surface area contributed by atoms with Crippen molar-refractivity contribution in [1.82, 2.24) is 5.32 Å². The topological polar surface area (TPSA) is 84.2 Å². The number of nitrogens with one attached hydrogen (secondary N) is 2. The number of rotatable bonds is 5. The Labute approximate surface area is 129 Å². The number of hydrogen-bond donors (Lipinski definition) is 3. The van der Waals surface area contributed by atoms with Gasteiger partial charge < -0.3 is 16.4 Å². The van der Waals surface area contributed by atoms with Crippen LogP contribution in [0, 0.1) is 13.8 Å². The van der Waals surface area contributed by atoms with Crippen LogP contribution in [0.2, 0.25) is 0 Å². The smallest absolute Gasteiger partial charge is 0.251 e. The minimum atomic E-state index is -0.493. The largest absolute Gasteiger partial charge is 0.365 e. The van der Waals surface area contributed by atoms with Gasteiger partial charge in [0.15, 0.2) is 0 Å². The monoisotopic (exact) mass is 309 g/mol. The van der Waals surface area contributed by atoms with Crippen LogP contribution in [0.15, 0.2) is 0 Å². The van der Waals surface area contributed by atoms with E-state index in [4.69, 9.17) is 5.73 Å². The van der Waals surface area contributed by atoms with Gasteiger partial charge in [0, 0.05) is 10.9 Å². The first-order chi connectivity index (χ1) is 9.99. The molecule has 4 N–H and O–H groups in total. The van der Waals surface area contributed by atoms with Crippen LogP contribution >= 0.6 is 11.3 Å². The SMILES string of the molecule is Cc1sc(NC(=O)CNC2CCCCC2)c(C(N)=O)c1C. The Morgan fingerprint density at radius 2 is 1.90 bits per heavy atom. The van der Waals surface area contributed by atoms with Gasteiger partial charge in [0.1, 0.15) is 5.00 Å². The summed E-state index contributed by atoms with van der Waals surface area (Å²) >= 11 is 1.40. The highest BCUT2D eigenvalue weighted by Gasteiger charge is 2.19. The zero-order valence-electron chi connectivity index (χ0n) is 12.6. The third kappa shape index (κ3) is 4.04. The molecule has 1 aromatic heterocycles. The maximum Gasteiger partial charge on any atom is 0.251 e. The van der Waals surface area contributed by atoms with Crippen LogP contribution in [0.25, 0.3) is 0 Å². The van der Waals surface area contributed by atoms with Gasteiger partial charge in [-0.1, -0.05) is 19.3 Å². The summed E-state index contributed by atoms with van der Waals surface area (Å²) < 4.78 is 0. The van der Waals surface area contributed by atoms with Gasteiger partial charge in [-0.3, -0.25) is 9.59 Å².